The molecule has 0 radical (unpaired) electrons. The molecule has 104 valence electrons. The van der Waals surface area contributed by atoms with E-state index in [1.165, 1.54) is 12.8 Å². The van der Waals surface area contributed by atoms with Crippen molar-refractivity contribution >= 4 is 34.2 Å². The van der Waals surface area contributed by atoms with Crippen LogP contribution in [0.25, 0.3) is 11.4 Å². The van der Waals surface area contributed by atoms with Gasteiger partial charge in [0.25, 0.3) is 0 Å². The monoisotopic (exact) mass is 400 g/mol. The first-order valence-corrected chi connectivity index (χ1v) is 8.11. The largest absolute Gasteiger partial charge is 0.493 e. The van der Waals surface area contributed by atoms with Crippen molar-refractivity contribution in [3.05, 3.63) is 38.7 Å². The Balaban J connectivity index is 2.10. The topological polar surface area (TPSA) is 35.0 Å². The molecule has 0 N–H and O–H groups in total. The summed E-state index contributed by atoms with van der Waals surface area (Å²) in [5.74, 6) is 2.00. The van der Waals surface area contributed by atoms with E-state index in [4.69, 9.17) is 21.3 Å². The van der Waals surface area contributed by atoms with Crippen molar-refractivity contribution in [3.63, 3.8) is 0 Å². The summed E-state index contributed by atoms with van der Waals surface area (Å²) in [6, 6.07) is 7.82. The first-order valence-electron chi connectivity index (χ1n) is 6.65. The van der Waals surface area contributed by atoms with Crippen LogP contribution in [0.2, 0.25) is 5.15 Å². The molecule has 5 heteroatoms. The SMILES string of the molecule is CCOc1ccccc1-c1nc(Cl)c(I)c(C2CC2)n1. The molecule has 1 aliphatic rings. The third kappa shape index (κ3) is 2.76. The van der Waals surface area contributed by atoms with Crippen LogP contribution in [0.4, 0.5) is 0 Å². The molecule has 3 nitrogen and oxygen atoms in total. The van der Waals surface area contributed by atoms with Crippen LogP contribution in [0.1, 0.15) is 31.4 Å². The maximum absolute atomic E-state index is 6.27. The molecular formula is C15H14ClIN2O. The van der Waals surface area contributed by atoms with Gasteiger partial charge in [-0.25, -0.2) is 9.97 Å². The number of aromatic nitrogens is 2. The Labute approximate surface area is 136 Å². The van der Waals surface area contributed by atoms with E-state index >= 15 is 0 Å². The Morgan fingerprint density at radius 3 is 2.75 bits per heavy atom. The van der Waals surface area contributed by atoms with Crippen LogP contribution < -0.4 is 4.74 Å². The van der Waals surface area contributed by atoms with E-state index in [1.54, 1.807) is 0 Å². The molecule has 1 fully saturated rings. The van der Waals surface area contributed by atoms with E-state index in [1.807, 2.05) is 31.2 Å². The number of hydrogen-bond donors (Lipinski definition) is 0. The molecular weight excluding hydrogens is 387 g/mol. The number of ether oxygens (including phenoxy) is 1. The number of para-hydroxylation sites is 1. The zero-order chi connectivity index (χ0) is 14.1. The second-order valence-electron chi connectivity index (χ2n) is 4.74. The van der Waals surface area contributed by atoms with Crippen LogP contribution in [-0.4, -0.2) is 16.6 Å². The molecule has 1 heterocycles. The maximum Gasteiger partial charge on any atom is 0.164 e. The summed E-state index contributed by atoms with van der Waals surface area (Å²) >= 11 is 8.50. The average Bonchev–Trinajstić information content (AvgIpc) is 3.27. The number of halogens is 2. The molecule has 2 aromatic rings. The summed E-state index contributed by atoms with van der Waals surface area (Å²) < 4.78 is 6.63. The zero-order valence-electron chi connectivity index (χ0n) is 11.1. The molecule has 20 heavy (non-hydrogen) atoms. The fraction of sp³-hybridized carbons (Fsp3) is 0.333. The van der Waals surface area contributed by atoms with Crippen molar-refractivity contribution in [2.75, 3.05) is 6.61 Å². The van der Waals surface area contributed by atoms with Gasteiger partial charge in [0.2, 0.25) is 0 Å². The lowest BCUT2D eigenvalue weighted by Crippen LogP contribution is -2.01. The predicted molar refractivity (Wildman–Crippen MR) is 88.3 cm³/mol. The fourth-order valence-corrected chi connectivity index (χ4v) is 2.97. The van der Waals surface area contributed by atoms with E-state index in [0.29, 0.717) is 23.5 Å². The quantitative estimate of drug-likeness (QED) is 0.552. The summed E-state index contributed by atoms with van der Waals surface area (Å²) in [4.78, 5) is 9.15. The van der Waals surface area contributed by atoms with Crippen LogP contribution in [0, 0.1) is 3.57 Å². The van der Waals surface area contributed by atoms with Gasteiger partial charge in [-0.3, -0.25) is 0 Å². The number of benzene rings is 1. The van der Waals surface area contributed by atoms with Crippen LogP contribution in [-0.2, 0) is 0 Å². The van der Waals surface area contributed by atoms with Gasteiger partial charge in [0.1, 0.15) is 10.9 Å². The molecule has 0 spiro atoms. The third-order valence-corrected chi connectivity index (χ3v) is 4.88. The van der Waals surface area contributed by atoms with Gasteiger partial charge in [-0.15, -0.1) is 0 Å². The first-order chi connectivity index (χ1) is 9.70. The minimum atomic E-state index is 0.531. The lowest BCUT2D eigenvalue weighted by atomic mass is 10.1. The van der Waals surface area contributed by atoms with Gasteiger partial charge >= 0.3 is 0 Å². The Kier molecular flexibility index (Phi) is 4.12. The number of nitrogens with zero attached hydrogens (tertiary/aromatic N) is 2. The van der Waals surface area contributed by atoms with E-state index < -0.39 is 0 Å². The summed E-state index contributed by atoms with van der Waals surface area (Å²) in [5, 5.41) is 0.531. The Hall–Kier alpha value is -0.880. The van der Waals surface area contributed by atoms with E-state index in [9.17, 15) is 0 Å². The van der Waals surface area contributed by atoms with Crippen molar-refractivity contribution in [2.24, 2.45) is 0 Å². The molecule has 0 atom stereocenters. The fourth-order valence-electron chi connectivity index (χ4n) is 2.12. The molecule has 0 bridgehead atoms. The molecule has 0 amide bonds. The minimum Gasteiger partial charge on any atom is -0.493 e. The van der Waals surface area contributed by atoms with Crippen LogP contribution in [0.15, 0.2) is 24.3 Å². The average molecular weight is 401 g/mol. The van der Waals surface area contributed by atoms with Crippen LogP contribution >= 0.6 is 34.2 Å². The van der Waals surface area contributed by atoms with Crippen LogP contribution in [0.5, 0.6) is 5.75 Å². The lowest BCUT2D eigenvalue weighted by Gasteiger charge is -2.11. The van der Waals surface area contributed by atoms with Gasteiger partial charge in [-0.1, -0.05) is 23.7 Å². The van der Waals surface area contributed by atoms with Gasteiger partial charge in [-0.2, -0.15) is 0 Å². The highest BCUT2D eigenvalue weighted by atomic mass is 127. The Morgan fingerprint density at radius 2 is 2.05 bits per heavy atom. The summed E-state index contributed by atoms with van der Waals surface area (Å²) in [6.07, 6.45) is 2.38. The van der Waals surface area contributed by atoms with Crippen molar-refractivity contribution in [3.8, 4) is 17.1 Å². The second-order valence-corrected chi connectivity index (χ2v) is 6.18. The second kappa shape index (κ2) is 5.85. The highest BCUT2D eigenvalue weighted by Crippen LogP contribution is 2.43. The van der Waals surface area contributed by atoms with Gasteiger partial charge in [0.05, 0.1) is 21.4 Å². The maximum atomic E-state index is 6.27. The molecule has 0 aliphatic heterocycles. The van der Waals surface area contributed by atoms with Crippen molar-refractivity contribution in [2.45, 2.75) is 25.7 Å². The molecule has 1 aliphatic carbocycles. The normalized spacial score (nSPS) is 14.3. The summed E-state index contributed by atoms with van der Waals surface area (Å²) in [5.41, 5.74) is 1.97. The lowest BCUT2D eigenvalue weighted by molar-refractivity contribution is 0.341. The van der Waals surface area contributed by atoms with E-state index in [0.717, 1.165) is 20.6 Å². The standard InChI is InChI=1S/C15H14ClIN2O/c1-2-20-11-6-4-3-5-10(11)15-18-13(9-7-8-9)12(17)14(16)19-15/h3-6,9H,2,7-8H2,1H3. The molecule has 0 unspecified atom stereocenters. The minimum absolute atomic E-state index is 0.531. The van der Waals surface area contributed by atoms with Gasteiger partial charge in [-0.05, 0) is 54.5 Å². The molecule has 1 aromatic heterocycles. The van der Waals surface area contributed by atoms with Gasteiger partial charge < -0.3 is 4.74 Å². The molecule has 1 saturated carbocycles. The van der Waals surface area contributed by atoms with Crippen molar-refractivity contribution < 1.29 is 4.74 Å². The summed E-state index contributed by atoms with van der Waals surface area (Å²) in [7, 11) is 0. The first kappa shape index (κ1) is 14.1. The van der Waals surface area contributed by atoms with E-state index in [-0.39, 0.29) is 0 Å². The Bertz CT molecular complexity index is 644. The number of hydrogen-bond acceptors (Lipinski definition) is 3. The van der Waals surface area contributed by atoms with Crippen molar-refractivity contribution in [1.82, 2.24) is 9.97 Å². The van der Waals surface area contributed by atoms with Crippen LogP contribution in [0.3, 0.4) is 0 Å². The van der Waals surface area contributed by atoms with Crippen molar-refractivity contribution in [1.29, 1.82) is 0 Å². The highest BCUT2D eigenvalue weighted by molar-refractivity contribution is 14.1. The molecule has 3 rings (SSSR count). The Morgan fingerprint density at radius 1 is 1.30 bits per heavy atom. The predicted octanol–water partition coefficient (Wildman–Crippen LogP) is 4.68. The third-order valence-electron chi connectivity index (χ3n) is 3.23. The van der Waals surface area contributed by atoms with Gasteiger partial charge in [0.15, 0.2) is 5.82 Å². The smallest absolute Gasteiger partial charge is 0.164 e. The number of rotatable bonds is 4. The van der Waals surface area contributed by atoms with Gasteiger partial charge in [0, 0.05) is 5.92 Å². The van der Waals surface area contributed by atoms with E-state index in [2.05, 4.69) is 27.6 Å². The molecule has 1 aromatic carbocycles. The zero-order valence-corrected chi connectivity index (χ0v) is 14.0. The summed E-state index contributed by atoms with van der Waals surface area (Å²) in [6.45, 7) is 2.58. The highest BCUT2D eigenvalue weighted by Gasteiger charge is 2.29. The molecule has 0 saturated heterocycles.